The monoisotopic (exact) mass is 486 g/mol. The minimum Gasteiger partial charge on any atom is -0.493 e. The lowest BCUT2D eigenvalue weighted by molar-refractivity contribution is 0.308. The predicted octanol–water partition coefficient (Wildman–Crippen LogP) is 2.70. The zero-order chi connectivity index (χ0) is 24.3. The molecule has 2 heterocycles. The molecule has 0 bridgehead atoms. The number of sulfonamides is 1. The second-order valence-electron chi connectivity index (χ2n) is 8.22. The third-order valence-electron chi connectivity index (χ3n) is 6.25. The van der Waals surface area contributed by atoms with Gasteiger partial charge in [0.05, 0.1) is 25.7 Å². The zero-order valence-corrected chi connectivity index (χ0v) is 20.5. The molecule has 0 N–H and O–H groups in total. The first-order chi connectivity index (χ1) is 16.4. The summed E-state index contributed by atoms with van der Waals surface area (Å²) in [6.45, 7) is 3.56. The first kappa shape index (κ1) is 24.0. The summed E-state index contributed by atoms with van der Waals surface area (Å²) in [5.74, 6) is 1.59. The molecule has 1 saturated heterocycles. The summed E-state index contributed by atoms with van der Waals surface area (Å²) in [6, 6.07) is 14.4. The Labute approximate surface area is 199 Å². The second kappa shape index (κ2) is 10.0. The summed E-state index contributed by atoms with van der Waals surface area (Å²) >= 11 is 0. The van der Waals surface area contributed by atoms with Gasteiger partial charge in [0, 0.05) is 31.6 Å². The molecule has 4 rings (SSSR count). The molecule has 182 valence electrons. The highest BCUT2D eigenvalue weighted by molar-refractivity contribution is 7.89. The smallest absolute Gasteiger partial charge is 0.346 e. The lowest BCUT2D eigenvalue weighted by atomic mass is 9.97. The van der Waals surface area contributed by atoms with E-state index in [0.717, 1.165) is 11.4 Å². The van der Waals surface area contributed by atoms with Crippen LogP contribution in [0.2, 0.25) is 0 Å². The topological polar surface area (TPSA) is 95.7 Å². The standard InChI is InChI=1S/C24H30N4O5S/c1-4-27-23(25-28(24(27)29)17-18-8-6-5-7-9-18)19-12-14-26(15-13-19)34(30,31)20-10-11-21(32-2)22(16-20)33-3/h5-11,16,19H,4,12-15,17H2,1-3H3. The van der Waals surface area contributed by atoms with E-state index in [2.05, 4.69) is 5.10 Å². The van der Waals surface area contributed by atoms with Gasteiger partial charge in [-0.2, -0.15) is 9.40 Å². The molecule has 3 aromatic rings. The second-order valence-corrected chi connectivity index (χ2v) is 10.2. The van der Waals surface area contributed by atoms with Crippen molar-refractivity contribution in [2.75, 3.05) is 27.3 Å². The van der Waals surface area contributed by atoms with Gasteiger partial charge in [0.2, 0.25) is 10.0 Å². The highest BCUT2D eigenvalue weighted by Crippen LogP contribution is 2.33. The molecule has 0 radical (unpaired) electrons. The highest BCUT2D eigenvalue weighted by Gasteiger charge is 2.33. The zero-order valence-electron chi connectivity index (χ0n) is 19.7. The minimum atomic E-state index is -3.68. The Hall–Kier alpha value is -3.11. The molecule has 1 fully saturated rings. The summed E-state index contributed by atoms with van der Waals surface area (Å²) in [6.07, 6.45) is 1.18. The number of hydrogen-bond donors (Lipinski definition) is 0. The number of aromatic nitrogens is 3. The van der Waals surface area contributed by atoms with Gasteiger partial charge in [-0.15, -0.1) is 0 Å². The molecule has 0 aliphatic carbocycles. The van der Waals surface area contributed by atoms with Crippen molar-refractivity contribution in [2.24, 2.45) is 0 Å². The first-order valence-electron chi connectivity index (χ1n) is 11.3. The largest absolute Gasteiger partial charge is 0.493 e. The van der Waals surface area contributed by atoms with Gasteiger partial charge in [-0.3, -0.25) is 4.57 Å². The van der Waals surface area contributed by atoms with E-state index in [-0.39, 0.29) is 16.5 Å². The van der Waals surface area contributed by atoms with E-state index in [1.807, 2.05) is 37.3 Å². The Kier molecular flexibility index (Phi) is 7.08. The van der Waals surface area contributed by atoms with Gasteiger partial charge >= 0.3 is 5.69 Å². The Morgan fingerprint density at radius 3 is 2.29 bits per heavy atom. The van der Waals surface area contributed by atoms with Crippen molar-refractivity contribution >= 4 is 10.0 Å². The van der Waals surface area contributed by atoms with E-state index >= 15 is 0 Å². The molecule has 2 aromatic carbocycles. The average molecular weight is 487 g/mol. The molecule has 0 unspecified atom stereocenters. The SMILES string of the molecule is CCn1c(C2CCN(S(=O)(=O)c3ccc(OC)c(OC)c3)CC2)nn(Cc2ccccc2)c1=O. The van der Waals surface area contributed by atoms with E-state index < -0.39 is 10.0 Å². The van der Waals surface area contributed by atoms with Gasteiger partial charge in [0.15, 0.2) is 11.5 Å². The molecule has 1 aliphatic heterocycles. The number of rotatable bonds is 8. The number of benzene rings is 2. The van der Waals surface area contributed by atoms with Gasteiger partial charge in [-0.05, 0) is 37.5 Å². The molecule has 10 heteroatoms. The predicted molar refractivity (Wildman–Crippen MR) is 128 cm³/mol. The molecule has 9 nitrogen and oxygen atoms in total. The highest BCUT2D eigenvalue weighted by atomic mass is 32.2. The fraction of sp³-hybridized carbons (Fsp3) is 0.417. The third kappa shape index (κ3) is 4.60. The van der Waals surface area contributed by atoms with Crippen LogP contribution in [-0.2, 0) is 23.1 Å². The number of hydrogen-bond acceptors (Lipinski definition) is 6. The number of ether oxygens (including phenoxy) is 2. The van der Waals surface area contributed by atoms with Crippen molar-refractivity contribution in [1.29, 1.82) is 0 Å². The van der Waals surface area contributed by atoms with Crippen LogP contribution >= 0.6 is 0 Å². The number of piperidine rings is 1. The summed E-state index contributed by atoms with van der Waals surface area (Å²) in [5.41, 5.74) is 0.870. The maximum absolute atomic E-state index is 13.2. The van der Waals surface area contributed by atoms with E-state index in [0.29, 0.717) is 50.5 Å². The fourth-order valence-electron chi connectivity index (χ4n) is 4.40. The van der Waals surface area contributed by atoms with Crippen LogP contribution in [0.5, 0.6) is 11.5 Å². The van der Waals surface area contributed by atoms with Crippen LogP contribution in [0.1, 0.15) is 37.1 Å². The van der Waals surface area contributed by atoms with Crippen LogP contribution < -0.4 is 15.2 Å². The Morgan fingerprint density at radius 1 is 1.00 bits per heavy atom. The number of methoxy groups -OCH3 is 2. The van der Waals surface area contributed by atoms with Crippen molar-refractivity contribution in [2.45, 2.75) is 43.7 Å². The Balaban J connectivity index is 1.51. The molecule has 1 aliphatic rings. The summed E-state index contributed by atoms with van der Waals surface area (Å²) in [5, 5.41) is 4.66. The van der Waals surface area contributed by atoms with E-state index in [1.54, 1.807) is 10.6 Å². The summed E-state index contributed by atoms with van der Waals surface area (Å²) in [7, 11) is -0.697. The van der Waals surface area contributed by atoms with Gasteiger partial charge in [0.1, 0.15) is 5.82 Å². The van der Waals surface area contributed by atoms with Gasteiger partial charge in [-0.1, -0.05) is 30.3 Å². The molecule has 34 heavy (non-hydrogen) atoms. The fourth-order valence-corrected chi connectivity index (χ4v) is 5.88. The normalized spacial score (nSPS) is 15.4. The van der Waals surface area contributed by atoms with Crippen LogP contribution in [0.4, 0.5) is 0 Å². The molecule has 0 saturated carbocycles. The van der Waals surface area contributed by atoms with E-state index in [4.69, 9.17) is 9.47 Å². The van der Waals surface area contributed by atoms with Crippen LogP contribution in [0.25, 0.3) is 0 Å². The summed E-state index contributed by atoms with van der Waals surface area (Å²) in [4.78, 5) is 13.1. The van der Waals surface area contributed by atoms with Crippen molar-refractivity contribution in [1.82, 2.24) is 18.7 Å². The Bertz CT molecular complexity index is 1290. The minimum absolute atomic E-state index is 0.0153. The van der Waals surface area contributed by atoms with Crippen molar-refractivity contribution < 1.29 is 17.9 Å². The maximum Gasteiger partial charge on any atom is 0.346 e. The molecule has 0 atom stereocenters. The van der Waals surface area contributed by atoms with Gasteiger partial charge in [0.25, 0.3) is 0 Å². The van der Waals surface area contributed by atoms with Crippen molar-refractivity contribution in [3.8, 4) is 11.5 Å². The van der Waals surface area contributed by atoms with Crippen LogP contribution in [0, 0.1) is 0 Å². The quantitative estimate of drug-likeness (QED) is 0.486. The maximum atomic E-state index is 13.2. The van der Waals surface area contributed by atoms with Crippen LogP contribution in [0.3, 0.4) is 0 Å². The molecular weight excluding hydrogens is 456 g/mol. The molecule has 0 amide bonds. The number of nitrogens with zero attached hydrogens (tertiary/aromatic N) is 4. The van der Waals surface area contributed by atoms with E-state index in [1.165, 1.54) is 35.3 Å². The third-order valence-corrected chi connectivity index (χ3v) is 8.15. The lowest BCUT2D eigenvalue weighted by Gasteiger charge is -2.30. The van der Waals surface area contributed by atoms with Crippen molar-refractivity contribution in [3.05, 3.63) is 70.4 Å². The molecular formula is C24H30N4O5S. The lowest BCUT2D eigenvalue weighted by Crippen LogP contribution is -2.38. The summed E-state index contributed by atoms with van der Waals surface area (Å²) < 4.78 is 41.6. The van der Waals surface area contributed by atoms with E-state index in [9.17, 15) is 13.2 Å². The first-order valence-corrected chi connectivity index (χ1v) is 12.8. The van der Waals surface area contributed by atoms with Crippen LogP contribution in [-0.4, -0.2) is 54.4 Å². The molecule has 0 spiro atoms. The average Bonchev–Trinajstić information content (AvgIpc) is 3.19. The van der Waals surface area contributed by atoms with Gasteiger partial charge < -0.3 is 9.47 Å². The van der Waals surface area contributed by atoms with Gasteiger partial charge in [-0.25, -0.2) is 17.9 Å². The van der Waals surface area contributed by atoms with Crippen LogP contribution in [0.15, 0.2) is 58.2 Å². The van der Waals surface area contributed by atoms with Crippen molar-refractivity contribution in [3.63, 3.8) is 0 Å². The molecule has 1 aromatic heterocycles. The Morgan fingerprint density at radius 2 is 1.68 bits per heavy atom.